The maximum Gasteiger partial charge on any atom is 0.325 e. The molecule has 5 nitrogen and oxygen atoms in total. The summed E-state index contributed by atoms with van der Waals surface area (Å²) in [5.41, 5.74) is 0.421. The van der Waals surface area contributed by atoms with E-state index in [9.17, 15) is 14.0 Å². The van der Waals surface area contributed by atoms with Gasteiger partial charge in [0.25, 0.3) is 0 Å². The van der Waals surface area contributed by atoms with Crippen molar-refractivity contribution >= 4 is 23.8 Å². The highest BCUT2D eigenvalue weighted by Gasteiger charge is 2.27. The molecule has 6 heteroatoms. The van der Waals surface area contributed by atoms with Gasteiger partial charge in [0.1, 0.15) is 5.82 Å². The zero-order valence-electron chi connectivity index (χ0n) is 11.3. The molecule has 20 heavy (non-hydrogen) atoms. The van der Waals surface area contributed by atoms with Crippen molar-refractivity contribution in [2.75, 3.05) is 13.2 Å². The zero-order chi connectivity index (χ0) is 15.0. The highest BCUT2D eigenvalue weighted by atomic mass is 19.1. The Morgan fingerprint density at radius 3 is 2.10 bits per heavy atom. The fourth-order valence-corrected chi connectivity index (χ4v) is 1.37. The lowest BCUT2D eigenvalue weighted by Crippen LogP contribution is -2.29. The summed E-state index contributed by atoms with van der Waals surface area (Å²) < 4.78 is 22.3. The van der Waals surface area contributed by atoms with E-state index in [2.05, 4.69) is 4.99 Å². The standard InChI is InChI=1S/C14H16FNO4/c1-3-19-13(17)12(14(18)20-4-2)9-16-11-7-5-10(15)6-8-11/h5-9,12H,3-4H2,1-2H3. The SMILES string of the molecule is CCOC(=O)C(C=Nc1ccc(F)cc1)C(=O)OCC. The second kappa shape index (κ2) is 8.04. The molecular weight excluding hydrogens is 265 g/mol. The van der Waals surface area contributed by atoms with Crippen LogP contribution in [0, 0.1) is 11.7 Å². The van der Waals surface area contributed by atoms with Gasteiger partial charge in [0.05, 0.1) is 18.9 Å². The Labute approximate surface area is 116 Å². The maximum atomic E-state index is 12.7. The minimum Gasteiger partial charge on any atom is -0.465 e. The van der Waals surface area contributed by atoms with E-state index in [1.807, 2.05) is 0 Å². The molecule has 0 N–H and O–H groups in total. The topological polar surface area (TPSA) is 65.0 Å². The number of aliphatic imine (C=N–C) groups is 1. The second-order valence-electron chi connectivity index (χ2n) is 3.74. The first kappa shape index (κ1) is 15.8. The Hall–Kier alpha value is -2.24. The normalized spacial score (nSPS) is 10.8. The van der Waals surface area contributed by atoms with Crippen molar-refractivity contribution in [2.45, 2.75) is 13.8 Å². The third-order valence-electron chi connectivity index (χ3n) is 2.28. The molecule has 0 fully saturated rings. The molecule has 0 aromatic heterocycles. The number of esters is 2. The van der Waals surface area contributed by atoms with E-state index < -0.39 is 23.7 Å². The highest BCUT2D eigenvalue weighted by Crippen LogP contribution is 2.13. The first-order chi connectivity index (χ1) is 9.58. The van der Waals surface area contributed by atoms with Gasteiger partial charge in [0, 0.05) is 6.21 Å². The van der Waals surface area contributed by atoms with Gasteiger partial charge in [-0.25, -0.2) is 4.39 Å². The van der Waals surface area contributed by atoms with Crippen LogP contribution in [0.15, 0.2) is 29.3 Å². The van der Waals surface area contributed by atoms with Crippen molar-refractivity contribution in [3.05, 3.63) is 30.1 Å². The van der Waals surface area contributed by atoms with Gasteiger partial charge >= 0.3 is 11.9 Å². The van der Waals surface area contributed by atoms with Crippen LogP contribution >= 0.6 is 0 Å². The number of ether oxygens (including phenoxy) is 2. The highest BCUT2D eigenvalue weighted by molar-refractivity contribution is 6.09. The molecular formula is C14H16FNO4. The van der Waals surface area contributed by atoms with Crippen molar-refractivity contribution in [2.24, 2.45) is 10.9 Å². The fraction of sp³-hybridized carbons (Fsp3) is 0.357. The smallest absolute Gasteiger partial charge is 0.325 e. The van der Waals surface area contributed by atoms with Gasteiger partial charge < -0.3 is 9.47 Å². The molecule has 0 bridgehead atoms. The predicted octanol–water partition coefficient (Wildman–Crippen LogP) is 2.27. The molecule has 0 aliphatic rings. The molecule has 0 spiro atoms. The monoisotopic (exact) mass is 281 g/mol. The molecule has 1 rings (SSSR count). The number of hydrogen-bond acceptors (Lipinski definition) is 5. The Kier molecular flexibility index (Phi) is 6.36. The van der Waals surface area contributed by atoms with E-state index in [0.717, 1.165) is 6.21 Å². The first-order valence-corrected chi connectivity index (χ1v) is 6.21. The van der Waals surface area contributed by atoms with Crippen LogP contribution < -0.4 is 0 Å². The van der Waals surface area contributed by atoms with E-state index >= 15 is 0 Å². The summed E-state index contributed by atoms with van der Waals surface area (Å²) in [6.45, 7) is 3.58. The molecule has 0 saturated carbocycles. The summed E-state index contributed by atoms with van der Waals surface area (Å²) in [4.78, 5) is 27.3. The van der Waals surface area contributed by atoms with Crippen LogP contribution in [-0.4, -0.2) is 31.4 Å². The summed E-state index contributed by atoms with van der Waals surface area (Å²) in [6.07, 6.45) is 1.14. The van der Waals surface area contributed by atoms with E-state index in [0.29, 0.717) is 5.69 Å². The van der Waals surface area contributed by atoms with Crippen molar-refractivity contribution in [1.82, 2.24) is 0 Å². The number of rotatable bonds is 6. The maximum absolute atomic E-state index is 12.7. The van der Waals surface area contributed by atoms with E-state index in [-0.39, 0.29) is 13.2 Å². The Balaban J connectivity index is 2.85. The summed E-state index contributed by atoms with van der Waals surface area (Å²) in [5.74, 6) is -3.06. The van der Waals surface area contributed by atoms with Gasteiger partial charge in [0.15, 0.2) is 5.92 Å². The van der Waals surface area contributed by atoms with Gasteiger partial charge in [-0.05, 0) is 38.1 Å². The number of benzene rings is 1. The Morgan fingerprint density at radius 1 is 1.15 bits per heavy atom. The van der Waals surface area contributed by atoms with Gasteiger partial charge in [-0.15, -0.1) is 0 Å². The molecule has 0 heterocycles. The van der Waals surface area contributed by atoms with Crippen LogP contribution in [-0.2, 0) is 19.1 Å². The minimum atomic E-state index is -1.22. The number of carbonyl (C=O) groups excluding carboxylic acids is 2. The lowest BCUT2D eigenvalue weighted by molar-refractivity contribution is -0.157. The average Bonchev–Trinajstić information content (AvgIpc) is 2.42. The summed E-state index contributed by atoms with van der Waals surface area (Å²) >= 11 is 0. The summed E-state index contributed by atoms with van der Waals surface area (Å²) in [6, 6.07) is 5.32. The molecule has 0 aliphatic heterocycles. The van der Waals surface area contributed by atoms with E-state index in [4.69, 9.17) is 9.47 Å². The molecule has 108 valence electrons. The van der Waals surface area contributed by atoms with Crippen LogP contribution in [0.1, 0.15) is 13.8 Å². The molecule has 0 amide bonds. The van der Waals surface area contributed by atoms with Gasteiger partial charge in [0.2, 0.25) is 0 Å². The second-order valence-corrected chi connectivity index (χ2v) is 3.74. The van der Waals surface area contributed by atoms with Crippen molar-refractivity contribution < 1.29 is 23.5 Å². The Bertz CT molecular complexity index is 466. The predicted molar refractivity (Wildman–Crippen MR) is 71.3 cm³/mol. The van der Waals surface area contributed by atoms with Gasteiger partial charge in [-0.1, -0.05) is 0 Å². The molecule has 0 radical (unpaired) electrons. The lowest BCUT2D eigenvalue weighted by Gasteiger charge is -2.09. The number of hydrogen-bond donors (Lipinski definition) is 0. The summed E-state index contributed by atoms with van der Waals surface area (Å²) in [7, 11) is 0. The number of carbonyl (C=O) groups is 2. The third-order valence-corrected chi connectivity index (χ3v) is 2.28. The quantitative estimate of drug-likeness (QED) is 0.456. The third kappa shape index (κ3) is 4.79. The number of nitrogens with zero attached hydrogens (tertiary/aromatic N) is 1. The van der Waals surface area contributed by atoms with E-state index in [1.54, 1.807) is 13.8 Å². The number of halogens is 1. The van der Waals surface area contributed by atoms with Crippen molar-refractivity contribution in [1.29, 1.82) is 0 Å². The first-order valence-electron chi connectivity index (χ1n) is 6.21. The zero-order valence-corrected chi connectivity index (χ0v) is 11.3. The fourth-order valence-electron chi connectivity index (χ4n) is 1.37. The molecule has 1 aromatic carbocycles. The van der Waals surface area contributed by atoms with Crippen molar-refractivity contribution in [3.8, 4) is 0 Å². The Morgan fingerprint density at radius 2 is 1.65 bits per heavy atom. The largest absolute Gasteiger partial charge is 0.465 e. The molecule has 0 aliphatic carbocycles. The van der Waals surface area contributed by atoms with Crippen LogP contribution in [0.2, 0.25) is 0 Å². The lowest BCUT2D eigenvalue weighted by atomic mass is 10.1. The van der Waals surface area contributed by atoms with E-state index in [1.165, 1.54) is 24.3 Å². The van der Waals surface area contributed by atoms with Gasteiger partial charge in [-0.2, -0.15) is 0 Å². The minimum absolute atomic E-state index is 0.152. The van der Waals surface area contributed by atoms with Crippen molar-refractivity contribution in [3.63, 3.8) is 0 Å². The molecule has 0 unspecified atom stereocenters. The molecule has 0 saturated heterocycles. The van der Waals surface area contributed by atoms with Crippen LogP contribution in [0.3, 0.4) is 0 Å². The van der Waals surface area contributed by atoms with Crippen LogP contribution in [0.25, 0.3) is 0 Å². The van der Waals surface area contributed by atoms with Crippen LogP contribution in [0.5, 0.6) is 0 Å². The summed E-state index contributed by atoms with van der Waals surface area (Å²) in [5, 5.41) is 0. The average molecular weight is 281 g/mol. The molecule has 1 aromatic rings. The molecule has 0 atom stereocenters. The van der Waals surface area contributed by atoms with Gasteiger partial charge in [-0.3, -0.25) is 14.6 Å². The van der Waals surface area contributed by atoms with Crippen LogP contribution in [0.4, 0.5) is 10.1 Å².